The van der Waals surface area contributed by atoms with E-state index in [0.717, 1.165) is 26.4 Å². The SMILES string of the molecule is CC(C)CCCCC(=O)O.CO. The Morgan fingerprint density at radius 1 is 1.25 bits per heavy atom. The van der Waals surface area contributed by atoms with E-state index in [1.807, 2.05) is 0 Å². The molecule has 74 valence electrons. The van der Waals surface area contributed by atoms with Crippen LogP contribution in [0.3, 0.4) is 0 Å². The number of hydrogen-bond donors (Lipinski definition) is 2. The molecule has 0 fully saturated rings. The van der Waals surface area contributed by atoms with Gasteiger partial charge in [0, 0.05) is 13.5 Å². The van der Waals surface area contributed by atoms with Gasteiger partial charge in [-0.1, -0.05) is 26.7 Å². The van der Waals surface area contributed by atoms with Gasteiger partial charge in [-0.25, -0.2) is 0 Å². The highest BCUT2D eigenvalue weighted by Crippen LogP contribution is 2.07. The van der Waals surface area contributed by atoms with Crippen LogP contribution >= 0.6 is 0 Å². The second kappa shape index (κ2) is 10.4. The Morgan fingerprint density at radius 2 is 1.75 bits per heavy atom. The summed E-state index contributed by atoms with van der Waals surface area (Å²) in [7, 11) is 1.00. The summed E-state index contributed by atoms with van der Waals surface area (Å²) in [6.07, 6.45) is 3.34. The van der Waals surface area contributed by atoms with E-state index in [1.54, 1.807) is 0 Å². The first kappa shape index (κ1) is 14.0. The Hall–Kier alpha value is -0.570. The van der Waals surface area contributed by atoms with Gasteiger partial charge in [-0.05, 0) is 12.3 Å². The number of aliphatic hydroxyl groups excluding tert-OH is 1. The Bertz CT molecular complexity index is 99.9. The van der Waals surface area contributed by atoms with Crippen LogP contribution in [0.4, 0.5) is 0 Å². The van der Waals surface area contributed by atoms with E-state index in [2.05, 4.69) is 13.8 Å². The summed E-state index contributed by atoms with van der Waals surface area (Å²) >= 11 is 0. The Kier molecular flexibility index (Phi) is 12.2. The van der Waals surface area contributed by atoms with Crippen molar-refractivity contribution >= 4 is 5.97 Å². The average molecular weight is 176 g/mol. The monoisotopic (exact) mass is 176 g/mol. The second-order valence-corrected chi connectivity index (χ2v) is 3.03. The molecule has 12 heavy (non-hydrogen) atoms. The third-order valence-electron chi connectivity index (χ3n) is 1.42. The maximum Gasteiger partial charge on any atom is 0.303 e. The first-order chi connectivity index (χ1) is 5.63. The number of carbonyl (C=O) groups is 1. The van der Waals surface area contributed by atoms with Crippen molar-refractivity contribution in [3.63, 3.8) is 0 Å². The van der Waals surface area contributed by atoms with Crippen molar-refractivity contribution in [3.8, 4) is 0 Å². The predicted octanol–water partition coefficient (Wildman–Crippen LogP) is 1.90. The number of aliphatic hydroxyl groups is 1. The molecule has 0 aliphatic carbocycles. The van der Waals surface area contributed by atoms with Crippen molar-refractivity contribution in [1.29, 1.82) is 0 Å². The standard InChI is InChI=1S/C8H16O2.CH4O/c1-7(2)5-3-4-6-8(9)10;1-2/h7H,3-6H2,1-2H3,(H,9,10);2H,1H3. The molecule has 0 saturated carbocycles. The smallest absolute Gasteiger partial charge is 0.303 e. The molecule has 0 aliphatic rings. The van der Waals surface area contributed by atoms with Gasteiger partial charge in [0.05, 0.1) is 0 Å². The lowest BCUT2D eigenvalue weighted by molar-refractivity contribution is -0.137. The van der Waals surface area contributed by atoms with Crippen molar-refractivity contribution in [1.82, 2.24) is 0 Å². The molecule has 3 heteroatoms. The molecule has 0 radical (unpaired) electrons. The van der Waals surface area contributed by atoms with Gasteiger partial charge in [-0.3, -0.25) is 4.79 Å². The Balaban J connectivity index is 0. The van der Waals surface area contributed by atoms with Crippen LogP contribution < -0.4 is 0 Å². The highest BCUT2D eigenvalue weighted by Gasteiger charge is 1.97. The highest BCUT2D eigenvalue weighted by molar-refractivity contribution is 5.66. The molecular weight excluding hydrogens is 156 g/mol. The van der Waals surface area contributed by atoms with E-state index in [9.17, 15) is 4.79 Å². The molecule has 0 aromatic rings. The lowest BCUT2D eigenvalue weighted by atomic mass is 10.1. The summed E-state index contributed by atoms with van der Waals surface area (Å²) in [5, 5.41) is 15.3. The number of unbranched alkanes of at least 4 members (excludes halogenated alkanes) is 1. The van der Waals surface area contributed by atoms with Crippen molar-refractivity contribution in [2.75, 3.05) is 7.11 Å². The van der Waals surface area contributed by atoms with E-state index >= 15 is 0 Å². The highest BCUT2D eigenvalue weighted by atomic mass is 16.4. The fourth-order valence-corrected chi connectivity index (χ4v) is 0.829. The fraction of sp³-hybridized carbons (Fsp3) is 0.889. The summed E-state index contributed by atoms with van der Waals surface area (Å²) in [5.74, 6) is 0.0255. The molecule has 0 amide bonds. The van der Waals surface area contributed by atoms with E-state index < -0.39 is 5.97 Å². The molecule has 2 N–H and O–H groups in total. The minimum Gasteiger partial charge on any atom is -0.481 e. The maximum atomic E-state index is 10.0. The zero-order valence-corrected chi connectivity index (χ0v) is 8.21. The quantitative estimate of drug-likeness (QED) is 0.629. The minimum atomic E-state index is -0.677. The molecule has 0 spiro atoms. The number of carboxylic acids is 1. The molecule has 0 rings (SSSR count). The van der Waals surface area contributed by atoms with Gasteiger partial charge in [0.2, 0.25) is 0 Å². The summed E-state index contributed by atoms with van der Waals surface area (Å²) in [4.78, 5) is 10.0. The van der Waals surface area contributed by atoms with Crippen LogP contribution in [-0.4, -0.2) is 23.3 Å². The molecule has 0 unspecified atom stereocenters. The van der Waals surface area contributed by atoms with Crippen LogP contribution in [0.25, 0.3) is 0 Å². The largest absolute Gasteiger partial charge is 0.481 e. The van der Waals surface area contributed by atoms with Crippen LogP contribution in [0.5, 0.6) is 0 Å². The van der Waals surface area contributed by atoms with Gasteiger partial charge in [0.15, 0.2) is 0 Å². The molecule has 3 nitrogen and oxygen atoms in total. The third-order valence-corrected chi connectivity index (χ3v) is 1.42. The summed E-state index contributed by atoms with van der Waals surface area (Å²) in [6, 6.07) is 0. The number of hydrogen-bond acceptors (Lipinski definition) is 2. The summed E-state index contributed by atoms with van der Waals surface area (Å²) in [5.41, 5.74) is 0. The zero-order valence-electron chi connectivity index (χ0n) is 8.21. The van der Waals surface area contributed by atoms with E-state index in [-0.39, 0.29) is 0 Å². The molecule has 0 saturated heterocycles. The second-order valence-electron chi connectivity index (χ2n) is 3.03. The van der Waals surface area contributed by atoms with Gasteiger partial charge in [-0.15, -0.1) is 0 Å². The van der Waals surface area contributed by atoms with Gasteiger partial charge in [-0.2, -0.15) is 0 Å². The predicted molar refractivity (Wildman–Crippen MR) is 49.1 cm³/mol. The van der Waals surface area contributed by atoms with Crippen molar-refractivity contribution in [2.24, 2.45) is 5.92 Å². The molecule has 0 aromatic heterocycles. The van der Waals surface area contributed by atoms with E-state index in [0.29, 0.717) is 12.3 Å². The lowest BCUT2D eigenvalue weighted by Gasteiger charge is -2.01. The first-order valence-electron chi connectivity index (χ1n) is 4.29. The van der Waals surface area contributed by atoms with Crippen LogP contribution in [0.2, 0.25) is 0 Å². The third kappa shape index (κ3) is 16.2. The topological polar surface area (TPSA) is 57.5 Å². The van der Waals surface area contributed by atoms with Gasteiger partial charge >= 0.3 is 5.97 Å². The molecule has 0 aromatic carbocycles. The van der Waals surface area contributed by atoms with Gasteiger partial charge < -0.3 is 10.2 Å². The summed E-state index contributed by atoms with van der Waals surface area (Å²) < 4.78 is 0. The Morgan fingerprint density at radius 3 is 2.08 bits per heavy atom. The van der Waals surface area contributed by atoms with Crippen molar-refractivity contribution < 1.29 is 15.0 Å². The normalized spacial score (nSPS) is 9.08. The van der Waals surface area contributed by atoms with Crippen LogP contribution in [0.1, 0.15) is 39.5 Å². The number of rotatable bonds is 5. The lowest BCUT2D eigenvalue weighted by Crippen LogP contribution is -1.94. The number of carboxylic acid groups (broad SMARTS) is 1. The molecule has 0 heterocycles. The van der Waals surface area contributed by atoms with Crippen LogP contribution in [0, 0.1) is 5.92 Å². The zero-order chi connectivity index (χ0) is 9.98. The van der Waals surface area contributed by atoms with E-state index in [4.69, 9.17) is 10.2 Å². The Labute approximate surface area is 74.4 Å². The molecular formula is C9H20O3. The average Bonchev–Trinajstić information content (AvgIpc) is 2.02. The molecule has 0 aliphatic heterocycles. The van der Waals surface area contributed by atoms with Gasteiger partial charge in [0.25, 0.3) is 0 Å². The van der Waals surface area contributed by atoms with Crippen LogP contribution in [-0.2, 0) is 4.79 Å². The molecule has 0 bridgehead atoms. The molecule has 0 atom stereocenters. The van der Waals surface area contributed by atoms with Crippen LogP contribution in [0.15, 0.2) is 0 Å². The van der Waals surface area contributed by atoms with Gasteiger partial charge in [0.1, 0.15) is 0 Å². The van der Waals surface area contributed by atoms with E-state index in [1.165, 1.54) is 0 Å². The fourth-order valence-electron chi connectivity index (χ4n) is 0.829. The minimum absolute atomic E-state index is 0.326. The maximum absolute atomic E-state index is 10.0. The number of aliphatic carboxylic acids is 1. The summed E-state index contributed by atoms with van der Waals surface area (Å²) in [6.45, 7) is 4.31. The first-order valence-corrected chi connectivity index (χ1v) is 4.29. The van der Waals surface area contributed by atoms with Crippen molar-refractivity contribution in [3.05, 3.63) is 0 Å². The van der Waals surface area contributed by atoms with Crippen molar-refractivity contribution in [2.45, 2.75) is 39.5 Å².